The van der Waals surface area contributed by atoms with Crippen molar-refractivity contribution >= 4 is 5.71 Å². The molecule has 0 spiro atoms. The summed E-state index contributed by atoms with van der Waals surface area (Å²) in [6, 6.07) is 20.3. The minimum absolute atomic E-state index is 0.358. The van der Waals surface area contributed by atoms with Gasteiger partial charge < -0.3 is 4.74 Å². The molecule has 0 radical (unpaired) electrons. The average Bonchev–Trinajstić information content (AvgIpc) is 2.68. The van der Waals surface area contributed by atoms with Crippen LogP contribution in [0, 0.1) is 0 Å². The lowest BCUT2D eigenvalue weighted by molar-refractivity contribution is -0.137. The topological polar surface area (TPSA) is 21.6 Å². The number of benzene rings is 3. The zero-order chi connectivity index (χ0) is 18.9. The van der Waals surface area contributed by atoms with E-state index in [1.807, 2.05) is 24.3 Å². The minimum atomic E-state index is -4.35. The van der Waals surface area contributed by atoms with Crippen molar-refractivity contribution in [3.05, 3.63) is 95.1 Å². The Morgan fingerprint density at radius 2 is 1.41 bits per heavy atom. The van der Waals surface area contributed by atoms with Gasteiger partial charge in [0, 0.05) is 17.7 Å². The second-order valence-corrected chi connectivity index (χ2v) is 6.29. The van der Waals surface area contributed by atoms with E-state index >= 15 is 0 Å². The van der Waals surface area contributed by atoms with Crippen LogP contribution >= 0.6 is 0 Å². The lowest BCUT2D eigenvalue weighted by Gasteiger charge is -2.17. The van der Waals surface area contributed by atoms with Crippen LogP contribution in [-0.2, 0) is 12.6 Å². The number of hydrogen-bond acceptors (Lipinski definition) is 2. The molecule has 0 aromatic heterocycles. The summed E-state index contributed by atoms with van der Waals surface area (Å²) < 4.78 is 43.5. The van der Waals surface area contributed by atoms with Gasteiger partial charge in [0.2, 0.25) is 0 Å². The van der Waals surface area contributed by atoms with Crippen LogP contribution in [-0.4, -0.2) is 12.3 Å². The summed E-state index contributed by atoms with van der Waals surface area (Å²) in [6.07, 6.45) is -3.41. The molecule has 3 aromatic carbocycles. The summed E-state index contributed by atoms with van der Waals surface area (Å²) in [4.78, 5) is 4.66. The van der Waals surface area contributed by atoms with Gasteiger partial charge in [-0.15, -0.1) is 0 Å². The highest BCUT2D eigenvalue weighted by Crippen LogP contribution is 2.31. The number of nitrogens with zero attached hydrogens (tertiary/aromatic N) is 1. The van der Waals surface area contributed by atoms with Crippen molar-refractivity contribution in [2.24, 2.45) is 4.99 Å². The minimum Gasteiger partial charge on any atom is -0.457 e. The molecular weight excluding hydrogens is 351 g/mol. The molecule has 0 saturated carbocycles. The molecule has 0 bridgehead atoms. The molecule has 27 heavy (non-hydrogen) atoms. The second-order valence-electron chi connectivity index (χ2n) is 6.29. The van der Waals surface area contributed by atoms with Gasteiger partial charge in [-0.05, 0) is 60.5 Å². The molecule has 1 aliphatic heterocycles. The van der Waals surface area contributed by atoms with E-state index in [2.05, 4.69) is 17.1 Å². The van der Waals surface area contributed by atoms with Crippen molar-refractivity contribution in [3.8, 4) is 11.5 Å². The van der Waals surface area contributed by atoms with Crippen LogP contribution in [0.3, 0.4) is 0 Å². The molecule has 136 valence electrons. The van der Waals surface area contributed by atoms with Crippen molar-refractivity contribution in [2.75, 3.05) is 6.54 Å². The fourth-order valence-electron chi connectivity index (χ4n) is 3.12. The summed E-state index contributed by atoms with van der Waals surface area (Å²) in [7, 11) is 0. The van der Waals surface area contributed by atoms with Crippen LogP contribution in [0.15, 0.2) is 77.8 Å². The second kappa shape index (κ2) is 6.91. The maximum absolute atomic E-state index is 12.6. The maximum atomic E-state index is 12.6. The molecule has 3 aromatic rings. The van der Waals surface area contributed by atoms with E-state index in [1.165, 1.54) is 17.7 Å². The number of rotatable bonds is 3. The van der Waals surface area contributed by atoms with Gasteiger partial charge in [-0.1, -0.05) is 24.3 Å². The van der Waals surface area contributed by atoms with Gasteiger partial charge in [0.1, 0.15) is 11.5 Å². The highest BCUT2D eigenvalue weighted by atomic mass is 19.4. The fraction of sp³-hybridized carbons (Fsp3) is 0.136. The van der Waals surface area contributed by atoms with Crippen molar-refractivity contribution in [3.63, 3.8) is 0 Å². The summed E-state index contributed by atoms with van der Waals surface area (Å²) in [5, 5.41) is 0. The first-order valence-corrected chi connectivity index (χ1v) is 8.59. The standard InChI is InChI=1S/C22H16F3NO/c23-22(24,25)17-7-11-19(12-8-17)27-18-9-5-16(6-10-18)21-20-4-2-1-3-15(20)13-14-26-21/h1-12H,13-14H2. The van der Waals surface area contributed by atoms with Crippen molar-refractivity contribution in [1.82, 2.24) is 0 Å². The Kier molecular flexibility index (Phi) is 4.44. The molecule has 0 unspecified atom stereocenters. The predicted molar refractivity (Wildman–Crippen MR) is 98.6 cm³/mol. The van der Waals surface area contributed by atoms with E-state index in [9.17, 15) is 13.2 Å². The SMILES string of the molecule is FC(F)(F)c1ccc(Oc2ccc(C3=NCCc4ccccc43)cc2)cc1. The van der Waals surface area contributed by atoms with Crippen molar-refractivity contribution < 1.29 is 17.9 Å². The van der Waals surface area contributed by atoms with Gasteiger partial charge in [-0.3, -0.25) is 4.99 Å². The maximum Gasteiger partial charge on any atom is 0.416 e. The van der Waals surface area contributed by atoms with E-state index in [-0.39, 0.29) is 0 Å². The highest BCUT2D eigenvalue weighted by molar-refractivity contribution is 6.14. The van der Waals surface area contributed by atoms with Gasteiger partial charge in [0.05, 0.1) is 11.3 Å². The van der Waals surface area contributed by atoms with Crippen LogP contribution in [0.1, 0.15) is 22.3 Å². The molecule has 0 saturated heterocycles. The zero-order valence-electron chi connectivity index (χ0n) is 14.3. The van der Waals surface area contributed by atoms with Crippen LogP contribution in [0.25, 0.3) is 0 Å². The van der Waals surface area contributed by atoms with Gasteiger partial charge >= 0.3 is 6.18 Å². The molecule has 0 atom stereocenters. The summed E-state index contributed by atoms with van der Waals surface area (Å²) >= 11 is 0. The van der Waals surface area contributed by atoms with Gasteiger partial charge in [-0.2, -0.15) is 13.2 Å². The predicted octanol–water partition coefficient (Wildman–Crippen LogP) is 5.89. The third-order valence-electron chi connectivity index (χ3n) is 4.47. The smallest absolute Gasteiger partial charge is 0.416 e. The zero-order valence-corrected chi connectivity index (χ0v) is 14.3. The number of hydrogen-bond donors (Lipinski definition) is 0. The lowest BCUT2D eigenvalue weighted by atomic mass is 9.93. The molecule has 1 aliphatic rings. The Labute approximate surface area is 155 Å². The van der Waals surface area contributed by atoms with Crippen LogP contribution < -0.4 is 4.74 Å². The first-order chi connectivity index (χ1) is 13.0. The third kappa shape index (κ3) is 3.72. The number of aliphatic imine (C=N–C) groups is 1. The lowest BCUT2D eigenvalue weighted by Crippen LogP contribution is -2.13. The molecule has 2 nitrogen and oxygen atoms in total. The third-order valence-corrected chi connectivity index (χ3v) is 4.47. The molecule has 5 heteroatoms. The Balaban J connectivity index is 1.52. The Hall–Kier alpha value is -3.08. The number of alkyl halides is 3. The van der Waals surface area contributed by atoms with Gasteiger partial charge in [-0.25, -0.2) is 0 Å². The number of halogens is 3. The average molecular weight is 367 g/mol. The monoisotopic (exact) mass is 367 g/mol. The first-order valence-electron chi connectivity index (χ1n) is 8.59. The van der Waals surface area contributed by atoms with E-state index in [0.29, 0.717) is 11.5 Å². The summed E-state index contributed by atoms with van der Waals surface area (Å²) in [5.74, 6) is 0.916. The van der Waals surface area contributed by atoms with Gasteiger partial charge in [0.25, 0.3) is 0 Å². The Morgan fingerprint density at radius 1 is 0.778 bits per heavy atom. The van der Waals surface area contributed by atoms with Gasteiger partial charge in [0.15, 0.2) is 0 Å². The van der Waals surface area contributed by atoms with E-state index in [0.717, 1.165) is 41.9 Å². The molecule has 0 aliphatic carbocycles. The van der Waals surface area contributed by atoms with Crippen LogP contribution in [0.4, 0.5) is 13.2 Å². The Morgan fingerprint density at radius 3 is 2.07 bits per heavy atom. The van der Waals surface area contributed by atoms with E-state index in [1.54, 1.807) is 12.1 Å². The quantitative estimate of drug-likeness (QED) is 0.565. The Bertz CT molecular complexity index is 974. The number of ether oxygens (including phenoxy) is 1. The van der Waals surface area contributed by atoms with Crippen molar-refractivity contribution in [2.45, 2.75) is 12.6 Å². The largest absolute Gasteiger partial charge is 0.457 e. The highest BCUT2D eigenvalue weighted by Gasteiger charge is 2.30. The van der Waals surface area contributed by atoms with Crippen LogP contribution in [0.2, 0.25) is 0 Å². The van der Waals surface area contributed by atoms with E-state index in [4.69, 9.17) is 4.74 Å². The fourth-order valence-corrected chi connectivity index (χ4v) is 3.12. The number of fused-ring (bicyclic) bond motifs is 1. The van der Waals surface area contributed by atoms with Crippen LogP contribution in [0.5, 0.6) is 11.5 Å². The summed E-state index contributed by atoms with van der Waals surface area (Å²) in [5.41, 5.74) is 3.67. The molecule has 4 rings (SSSR count). The van der Waals surface area contributed by atoms with Crippen molar-refractivity contribution in [1.29, 1.82) is 0 Å². The molecule has 0 fully saturated rings. The molecule has 0 N–H and O–H groups in total. The molecule has 1 heterocycles. The normalized spacial score (nSPS) is 13.7. The molecule has 0 amide bonds. The first kappa shape index (κ1) is 17.3. The van der Waals surface area contributed by atoms with E-state index < -0.39 is 11.7 Å². The summed E-state index contributed by atoms with van der Waals surface area (Å²) in [6.45, 7) is 0.760. The molecular formula is C22H16F3NO.